The van der Waals surface area contributed by atoms with Crippen LogP contribution in [-0.2, 0) is 4.74 Å². The van der Waals surface area contributed by atoms with E-state index in [-0.39, 0.29) is 12.8 Å². The van der Waals surface area contributed by atoms with E-state index in [9.17, 15) is 14.9 Å². The van der Waals surface area contributed by atoms with Crippen molar-refractivity contribution < 1.29 is 14.6 Å². The molecule has 5 N–H and O–H groups in total. The first kappa shape index (κ1) is 11.4. The first-order chi connectivity index (χ1) is 4.16. The van der Waals surface area contributed by atoms with Gasteiger partial charge < -0.3 is 10.9 Å². The van der Waals surface area contributed by atoms with Crippen molar-refractivity contribution in [2.75, 3.05) is 6.61 Å². The number of hydrazine groups is 1. The van der Waals surface area contributed by atoms with E-state index >= 15 is 0 Å². The number of quaternary nitrogens is 1. The van der Waals surface area contributed by atoms with Gasteiger partial charge in [-0.25, -0.2) is 14.9 Å². The maximum absolute atomic E-state index is 10.1. The molecule has 0 fully saturated rings. The van der Waals surface area contributed by atoms with E-state index in [1.807, 2.05) is 0 Å². The Hall–Kier alpha value is -1.37. The van der Waals surface area contributed by atoms with Crippen LogP contribution >= 0.6 is 0 Å². The van der Waals surface area contributed by atoms with Crippen molar-refractivity contribution in [1.29, 1.82) is 0 Å². The summed E-state index contributed by atoms with van der Waals surface area (Å²) < 4.78 is 4.16. The largest absolute Gasteiger partial charge is 0.465 e. The molecule has 1 amide bonds. The summed E-state index contributed by atoms with van der Waals surface area (Å²) in [6.07, 6.45) is -1.04. The standard InChI is InChI=1S/C3H6N2O4.H3N/c1-2-9-3(6)4-5(7)8;/h2H2,1H3,(H,4,6);1H3/p+1. The fraction of sp³-hybridized carbons (Fsp3) is 0.667. The van der Waals surface area contributed by atoms with Gasteiger partial charge in [0.2, 0.25) is 0 Å². The fourth-order valence-electron chi connectivity index (χ4n) is 0.238. The van der Waals surface area contributed by atoms with Gasteiger partial charge in [0.1, 0.15) is 0 Å². The maximum Gasteiger partial charge on any atom is 0.465 e. The van der Waals surface area contributed by atoms with Gasteiger partial charge in [0.05, 0.1) is 6.61 Å². The maximum atomic E-state index is 10.1. The zero-order chi connectivity index (χ0) is 7.28. The molecule has 7 nitrogen and oxygen atoms in total. The second-order valence-corrected chi connectivity index (χ2v) is 1.09. The van der Waals surface area contributed by atoms with E-state index in [2.05, 4.69) is 4.74 Å². The molecule has 7 heteroatoms. The predicted octanol–water partition coefficient (Wildman–Crippen LogP) is 0.300. The number of nitrogens with one attached hydrogen (secondary N) is 1. The van der Waals surface area contributed by atoms with Crippen LogP contribution < -0.4 is 11.6 Å². The molecular weight excluding hydrogens is 142 g/mol. The topological polar surface area (TPSA) is 118 Å². The molecule has 0 aliphatic rings. The zero-order valence-corrected chi connectivity index (χ0v) is 5.79. The number of hydrogen-bond acceptors (Lipinski definition) is 4. The van der Waals surface area contributed by atoms with Crippen molar-refractivity contribution in [3.63, 3.8) is 0 Å². The summed E-state index contributed by atoms with van der Waals surface area (Å²) in [4.78, 5) is 19.6. The average molecular weight is 152 g/mol. The van der Waals surface area contributed by atoms with Crippen LogP contribution in [0.3, 0.4) is 0 Å². The highest BCUT2D eigenvalue weighted by atomic mass is 16.7. The van der Waals surface area contributed by atoms with Crippen LogP contribution in [0, 0.1) is 10.1 Å². The Balaban J connectivity index is 0. The lowest BCUT2D eigenvalue weighted by molar-refractivity contribution is -0.530. The summed E-state index contributed by atoms with van der Waals surface area (Å²) >= 11 is 0. The third-order valence-corrected chi connectivity index (χ3v) is 0.458. The molecule has 60 valence electrons. The SMILES string of the molecule is CCOC(=O)N[N+](=O)[O-].[NH4+]. The second kappa shape index (κ2) is 5.76. The lowest BCUT2D eigenvalue weighted by Gasteiger charge is -1.94. The van der Waals surface area contributed by atoms with Crippen LogP contribution in [0.5, 0.6) is 0 Å². The third kappa shape index (κ3) is 6.63. The molecule has 0 saturated heterocycles. The number of amides is 1. The summed E-state index contributed by atoms with van der Waals surface area (Å²) in [6.45, 7) is 1.68. The monoisotopic (exact) mass is 152 g/mol. The van der Waals surface area contributed by atoms with Gasteiger partial charge in [-0.15, -0.1) is 0 Å². The highest BCUT2D eigenvalue weighted by Crippen LogP contribution is 1.73. The van der Waals surface area contributed by atoms with Crippen LogP contribution in [0.1, 0.15) is 6.92 Å². The van der Waals surface area contributed by atoms with Gasteiger partial charge in [-0.1, -0.05) is 0 Å². The van der Waals surface area contributed by atoms with E-state index in [1.165, 1.54) is 5.43 Å². The summed E-state index contributed by atoms with van der Waals surface area (Å²) in [5.74, 6) is 0. The minimum absolute atomic E-state index is 0. The number of carbonyl (C=O) groups excluding carboxylic acids is 1. The van der Waals surface area contributed by atoms with Crippen molar-refractivity contribution in [2.24, 2.45) is 0 Å². The number of ether oxygens (including phenoxy) is 1. The first-order valence-electron chi connectivity index (χ1n) is 2.24. The predicted molar refractivity (Wildman–Crippen MR) is 33.1 cm³/mol. The van der Waals surface area contributed by atoms with E-state index in [0.29, 0.717) is 0 Å². The highest BCUT2D eigenvalue weighted by Gasteiger charge is 2.04. The number of rotatable bonds is 2. The van der Waals surface area contributed by atoms with E-state index in [0.717, 1.165) is 0 Å². The molecule has 0 atom stereocenters. The molecule has 0 aliphatic carbocycles. The highest BCUT2D eigenvalue weighted by molar-refractivity contribution is 5.65. The van der Waals surface area contributed by atoms with Gasteiger partial charge in [0.25, 0.3) is 0 Å². The van der Waals surface area contributed by atoms with Gasteiger partial charge in [0, 0.05) is 0 Å². The van der Waals surface area contributed by atoms with Crippen LogP contribution in [0.15, 0.2) is 0 Å². The van der Waals surface area contributed by atoms with Gasteiger partial charge in [-0.3, -0.25) is 0 Å². The van der Waals surface area contributed by atoms with Crippen LogP contribution in [0.4, 0.5) is 4.79 Å². The van der Waals surface area contributed by atoms with Crippen LogP contribution in [-0.4, -0.2) is 17.7 Å². The smallest absolute Gasteiger partial charge is 0.446 e. The van der Waals surface area contributed by atoms with Crippen LogP contribution in [0.2, 0.25) is 0 Å². The molecule has 0 heterocycles. The van der Waals surface area contributed by atoms with E-state index in [4.69, 9.17) is 0 Å². The first-order valence-corrected chi connectivity index (χ1v) is 2.24. The lowest BCUT2D eigenvalue weighted by Crippen LogP contribution is -2.29. The van der Waals surface area contributed by atoms with E-state index in [1.54, 1.807) is 6.92 Å². The number of nitro groups is 1. The summed E-state index contributed by atoms with van der Waals surface area (Å²) in [5, 5.41) is 8.50. The summed E-state index contributed by atoms with van der Waals surface area (Å²) in [7, 11) is 0. The number of nitrogens with zero attached hydrogens (tertiary/aromatic N) is 1. The van der Waals surface area contributed by atoms with Gasteiger partial charge >= 0.3 is 6.09 Å². The molecule has 0 aliphatic heterocycles. The zero-order valence-electron chi connectivity index (χ0n) is 5.79. The average Bonchev–Trinajstić information content (AvgIpc) is 1.63. The Kier molecular flexibility index (Phi) is 6.58. The molecule has 0 aromatic heterocycles. The van der Waals surface area contributed by atoms with Gasteiger partial charge in [0.15, 0.2) is 5.03 Å². The van der Waals surface area contributed by atoms with Crippen molar-refractivity contribution in [3.8, 4) is 0 Å². The fourth-order valence-corrected chi connectivity index (χ4v) is 0.238. The van der Waals surface area contributed by atoms with Crippen molar-refractivity contribution in [3.05, 3.63) is 10.1 Å². The third-order valence-electron chi connectivity index (χ3n) is 0.458. The molecule has 0 aromatic rings. The quantitative estimate of drug-likeness (QED) is 0.436. The van der Waals surface area contributed by atoms with Gasteiger partial charge in [-0.2, -0.15) is 0 Å². The molecule has 0 saturated carbocycles. The van der Waals surface area contributed by atoms with Crippen molar-refractivity contribution >= 4 is 6.09 Å². The Morgan fingerprint density at radius 1 is 1.80 bits per heavy atom. The number of carbonyl (C=O) groups is 1. The minimum atomic E-state index is -1.04. The molecular formula is C3H10N3O4+. The summed E-state index contributed by atoms with van der Waals surface area (Å²) in [6, 6.07) is 0. The lowest BCUT2D eigenvalue weighted by atomic mass is 10.9. The van der Waals surface area contributed by atoms with Gasteiger partial charge in [-0.05, 0) is 12.3 Å². The minimum Gasteiger partial charge on any atom is -0.446 e. The molecule has 0 aromatic carbocycles. The van der Waals surface area contributed by atoms with Crippen molar-refractivity contribution in [1.82, 2.24) is 11.6 Å². The molecule has 10 heavy (non-hydrogen) atoms. The Bertz CT molecular complexity index is 125. The Morgan fingerprint density at radius 2 is 2.30 bits per heavy atom. The Labute approximate surface area is 57.1 Å². The summed E-state index contributed by atoms with van der Waals surface area (Å²) in [5.41, 5.74) is 1.30. The normalized spacial score (nSPS) is 7.30. The molecule has 0 rings (SSSR count). The molecule has 0 unspecified atom stereocenters. The molecule has 0 spiro atoms. The Morgan fingerprint density at radius 3 is 2.60 bits per heavy atom. The number of hydrogen-bond donors (Lipinski definition) is 2. The van der Waals surface area contributed by atoms with Crippen molar-refractivity contribution in [2.45, 2.75) is 6.92 Å². The molecule has 0 radical (unpaired) electrons. The van der Waals surface area contributed by atoms with E-state index < -0.39 is 11.1 Å². The second-order valence-electron chi connectivity index (χ2n) is 1.09. The molecule has 0 bridgehead atoms. The van der Waals surface area contributed by atoms with Crippen LogP contribution in [0.25, 0.3) is 0 Å².